The molecule has 13 heteroatoms. The first-order valence-electron chi connectivity index (χ1n) is 9.72. The van der Waals surface area contributed by atoms with Crippen molar-refractivity contribution in [2.75, 3.05) is 13.1 Å². The summed E-state index contributed by atoms with van der Waals surface area (Å²) in [5.41, 5.74) is 5.18. The molecule has 3 amide bonds. The molecule has 1 aromatic carbocycles. The molecule has 0 aliphatic carbocycles. The standard InChI is InChI=1S/C21H17ClF3N5O4/c22-15-2-1-12(5-16(15)23)34-18(19(27)32)14-8-28-4-3-13(14)20(33)29-9-17(31)30-10-21(24,25)6-11(30)7-26/h1-5,8,11,18H,6,9-10H2,(H2,27,32)(H,29,33)/t11-,18-/m0/s1. The number of nitriles is 1. The van der Waals surface area contributed by atoms with Gasteiger partial charge >= 0.3 is 0 Å². The van der Waals surface area contributed by atoms with Gasteiger partial charge in [-0.1, -0.05) is 11.6 Å². The van der Waals surface area contributed by atoms with E-state index in [2.05, 4.69) is 10.3 Å². The van der Waals surface area contributed by atoms with Crippen molar-refractivity contribution in [2.45, 2.75) is 24.5 Å². The number of primary amides is 1. The normalized spacial score (nSPS) is 17.5. The van der Waals surface area contributed by atoms with Crippen LogP contribution in [0.1, 0.15) is 28.4 Å². The summed E-state index contributed by atoms with van der Waals surface area (Å²) in [6.45, 7) is -1.62. The molecule has 1 fully saturated rings. The minimum atomic E-state index is -3.20. The van der Waals surface area contributed by atoms with Crippen LogP contribution in [-0.2, 0) is 9.59 Å². The van der Waals surface area contributed by atoms with Gasteiger partial charge in [-0.25, -0.2) is 13.2 Å². The van der Waals surface area contributed by atoms with Crippen molar-refractivity contribution >= 4 is 29.3 Å². The molecule has 1 saturated heterocycles. The molecule has 2 heterocycles. The minimum absolute atomic E-state index is 0.0853. The number of carbonyl (C=O) groups excluding carboxylic acids is 3. The van der Waals surface area contributed by atoms with Gasteiger partial charge in [0, 0.05) is 36.0 Å². The van der Waals surface area contributed by atoms with E-state index in [0.717, 1.165) is 12.3 Å². The van der Waals surface area contributed by atoms with Crippen molar-refractivity contribution in [1.82, 2.24) is 15.2 Å². The van der Waals surface area contributed by atoms with Crippen molar-refractivity contribution in [2.24, 2.45) is 5.73 Å². The summed E-state index contributed by atoms with van der Waals surface area (Å²) in [5.74, 6) is -6.88. The molecule has 0 unspecified atom stereocenters. The summed E-state index contributed by atoms with van der Waals surface area (Å²) < 4.78 is 46.3. The number of nitrogens with zero attached hydrogens (tertiary/aromatic N) is 3. The fourth-order valence-corrected chi connectivity index (χ4v) is 3.45. The Morgan fingerprint density at radius 1 is 1.38 bits per heavy atom. The lowest BCUT2D eigenvalue weighted by molar-refractivity contribution is -0.131. The van der Waals surface area contributed by atoms with E-state index >= 15 is 0 Å². The second-order valence-electron chi connectivity index (χ2n) is 7.35. The molecule has 0 saturated carbocycles. The third-order valence-corrected chi connectivity index (χ3v) is 5.23. The Morgan fingerprint density at radius 3 is 2.76 bits per heavy atom. The number of amides is 3. The summed E-state index contributed by atoms with van der Waals surface area (Å²) >= 11 is 5.63. The fourth-order valence-electron chi connectivity index (χ4n) is 3.33. The molecule has 3 rings (SSSR count). The molecule has 34 heavy (non-hydrogen) atoms. The number of nitrogens with two attached hydrogens (primary N) is 1. The van der Waals surface area contributed by atoms with Crippen molar-refractivity contribution < 1.29 is 32.3 Å². The van der Waals surface area contributed by atoms with Gasteiger partial charge < -0.3 is 20.7 Å². The highest BCUT2D eigenvalue weighted by Crippen LogP contribution is 2.31. The molecule has 178 valence electrons. The molecule has 9 nitrogen and oxygen atoms in total. The van der Waals surface area contributed by atoms with Gasteiger partial charge in [-0.2, -0.15) is 5.26 Å². The number of halogens is 4. The SMILES string of the molecule is N#C[C@@H]1CC(F)(F)CN1C(=O)CNC(=O)c1ccncc1[C@H](Oc1ccc(Cl)c(F)c1)C(N)=O. The van der Waals surface area contributed by atoms with Gasteiger partial charge in [0.2, 0.25) is 12.0 Å². The quantitative estimate of drug-likeness (QED) is 0.602. The topological polar surface area (TPSA) is 138 Å². The van der Waals surface area contributed by atoms with E-state index < -0.39 is 61.1 Å². The number of alkyl halides is 2. The summed E-state index contributed by atoms with van der Waals surface area (Å²) in [7, 11) is 0. The maximum absolute atomic E-state index is 13.7. The van der Waals surface area contributed by atoms with Crippen molar-refractivity contribution in [3.8, 4) is 11.8 Å². The number of hydrogen-bond acceptors (Lipinski definition) is 6. The molecule has 0 radical (unpaired) electrons. The van der Waals surface area contributed by atoms with E-state index in [1.165, 1.54) is 24.4 Å². The molecule has 3 N–H and O–H groups in total. The Balaban J connectivity index is 1.77. The van der Waals surface area contributed by atoms with Gasteiger partial charge in [-0.05, 0) is 18.2 Å². The highest BCUT2D eigenvalue weighted by molar-refractivity contribution is 6.30. The van der Waals surface area contributed by atoms with E-state index in [9.17, 15) is 27.6 Å². The van der Waals surface area contributed by atoms with Gasteiger partial charge in [0.15, 0.2) is 0 Å². The number of benzene rings is 1. The minimum Gasteiger partial charge on any atom is -0.476 e. The monoisotopic (exact) mass is 495 g/mol. The smallest absolute Gasteiger partial charge is 0.268 e. The second-order valence-corrected chi connectivity index (χ2v) is 7.76. The Hall–Kier alpha value is -3.85. The number of nitrogens with one attached hydrogen (secondary N) is 1. The Kier molecular flexibility index (Phi) is 7.26. The van der Waals surface area contributed by atoms with Crippen LogP contribution in [0.5, 0.6) is 5.75 Å². The molecule has 2 atom stereocenters. The molecule has 1 aliphatic heterocycles. The Bertz CT molecular complexity index is 1170. The van der Waals surface area contributed by atoms with Crippen LogP contribution in [0, 0.1) is 17.1 Å². The highest BCUT2D eigenvalue weighted by Gasteiger charge is 2.47. The van der Waals surface area contributed by atoms with E-state index in [0.29, 0.717) is 4.90 Å². The first-order valence-corrected chi connectivity index (χ1v) is 10.1. The lowest BCUT2D eigenvalue weighted by Gasteiger charge is -2.21. The van der Waals surface area contributed by atoms with Crippen molar-refractivity contribution in [3.05, 3.63) is 58.6 Å². The molecule has 1 aliphatic rings. The third kappa shape index (κ3) is 5.55. The van der Waals surface area contributed by atoms with E-state index in [1.54, 1.807) is 6.07 Å². The van der Waals surface area contributed by atoms with Gasteiger partial charge in [-0.3, -0.25) is 19.4 Å². The van der Waals surface area contributed by atoms with Gasteiger partial charge in [0.05, 0.1) is 24.2 Å². The highest BCUT2D eigenvalue weighted by atomic mass is 35.5. The van der Waals surface area contributed by atoms with Crippen LogP contribution in [0.15, 0.2) is 36.7 Å². The van der Waals surface area contributed by atoms with Crippen LogP contribution in [-0.4, -0.2) is 52.7 Å². The number of aromatic nitrogens is 1. The van der Waals surface area contributed by atoms with Crippen molar-refractivity contribution in [3.63, 3.8) is 0 Å². The summed E-state index contributed by atoms with van der Waals surface area (Å²) in [6.07, 6.45) is 0.00430. The van der Waals surface area contributed by atoms with Crippen LogP contribution < -0.4 is 15.8 Å². The predicted molar refractivity (Wildman–Crippen MR) is 111 cm³/mol. The number of pyridine rings is 1. The zero-order chi connectivity index (χ0) is 25.0. The van der Waals surface area contributed by atoms with E-state index in [1.807, 2.05) is 0 Å². The zero-order valence-electron chi connectivity index (χ0n) is 17.3. The van der Waals surface area contributed by atoms with Gasteiger partial charge in [0.25, 0.3) is 17.7 Å². The molecule has 0 bridgehead atoms. The molecular formula is C21H17ClF3N5O4. The maximum Gasteiger partial charge on any atom is 0.268 e. The molecule has 1 aromatic heterocycles. The molecule has 2 aromatic rings. The number of likely N-dealkylation sites (tertiary alicyclic amines) is 1. The third-order valence-electron chi connectivity index (χ3n) is 4.92. The van der Waals surface area contributed by atoms with Gasteiger partial charge in [0.1, 0.15) is 17.6 Å². The maximum atomic E-state index is 13.7. The van der Waals surface area contributed by atoms with Gasteiger partial charge in [-0.15, -0.1) is 0 Å². The van der Waals surface area contributed by atoms with Crippen molar-refractivity contribution in [1.29, 1.82) is 5.26 Å². The number of rotatable bonds is 7. The van der Waals surface area contributed by atoms with Crippen LogP contribution in [0.2, 0.25) is 5.02 Å². The summed E-state index contributed by atoms with van der Waals surface area (Å²) in [5, 5.41) is 11.1. The number of hydrogen-bond donors (Lipinski definition) is 2. The summed E-state index contributed by atoms with van der Waals surface area (Å²) in [4.78, 5) is 41.7. The van der Waals surface area contributed by atoms with E-state index in [4.69, 9.17) is 27.3 Å². The van der Waals surface area contributed by atoms with Crippen LogP contribution >= 0.6 is 11.6 Å². The number of ether oxygens (including phenoxy) is 1. The lowest BCUT2D eigenvalue weighted by atomic mass is 10.0. The predicted octanol–water partition coefficient (Wildman–Crippen LogP) is 1.97. The van der Waals surface area contributed by atoms with E-state index in [-0.39, 0.29) is 21.9 Å². The van der Waals surface area contributed by atoms with Crippen LogP contribution in [0.4, 0.5) is 13.2 Å². The lowest BCUT2D eigenvalue weighted by Crippen LogP contribution is -2.43. The first-order chi connectivity index (χ1) is 16.0. The average Bonchev–Trinajstić information content (AvgIpc) is 3.12. The molecular weight excluding hydrogens is 479 g/mol. The second kappa shape index (κ2) is 9.96. The van der Waals surface area contributed by atoms with Crippen LogP contribution in [0.25, 0.3) is 0 Å². The largest absolute Gasteiger partial charge is 0.476 e. The Labute approximate surface area is 196 Å². The Morgan fingerprint density at radius 2 is 2.12 bits per heavy atom. The average molecular weight is 496 g/mol. The zero-order valence-corrected chi connectivity index (χ0v) is 18.1. The van der Waals surface area contributed by atoms with Crippen LogP contribution in [0.3, 0.4) is 0 Å². The summed E-state index contributed by atoms with van der Waals surface area (Å²) in [6, 6.07) is 4.95. The fraction of sp³-hybridized carbons (Fsp3) is 0.286. The first kappa shape index (κ1) is 24.8. The number of carbonyl (C=O) groups is 3. The molecule has 0 spiro atoms.